The molecule has 0 saturated carbocycles. The number of methoxy groups -OCH3 is 1. The highest BCUT2D eigenvalue weighted by molar-refractivity contribution is 7.90. The average molecular weight is 436 g/mol. The summed E-state index contributed by atoms with van der Waals surface area (Å²) in [5.74, 6) is 0.510. The molecule has 10 heteroatoms. The van der Waals surface area contributed by atoms with Gasteiger partial charge >= 0.3 is 6.03 Å². The second-order valence-electron chi connectivity index (χ2n) is 6.23. The van der Waals surface area contributed by atoms with Crippen molar-refractivity contribution in [1.82, 2.24) is 10.0 Å². The van der Waals surface area contributed by atoms with E-state index in [4.69, 9.17) is 9.47 Å². The molecule has 2 aromatic carbocycles. The number of urea groups is 1. The highest BCUT2D eigenvalue weighted by Gasteiger charge is 2.17. The van der Waals surface area contributed by atoms with Gasteiger partial charge in [-0.2, -0.15) is 0 Å². The first-order valence-corrected chi connectivity index (χ1v) is 10.8. The highest BCUT2D eigenvalue weighted by Crippen LogP contribution is 2.25. The van der Waals surface area contributed by atoms with E-state index in [9.17, 15) is 18.0 Å². The number of hydrogen-bond donors (Lipinski definition) is 3. The minimum absolute atomic E-state index is 0.101. The van der Waals surface area contributed by atoms with Gasteiger partial charge in [-0.25, -0.2) is 17.9 Å². The third-order valence-corrected chi connectivity index (χ3v) is 5.27. The van der Waals surface area contributed by atoms with E-state index in [0.29, 0.717) is 23.7 Å². The maximum absolute atomic E-state index is 12.2. The Kier molecular flexibility index (Phi) is 8.48. The van der Waals surface area contributed by atoms with Gasteiger partial charge in [0.05, 0.1) is 12.0 Å². The van der Waals surface area contributed by atoms with Crippen molar-refractivity contribution in [3.63, 3.8) is 0 Å². The van der Waals surface area contributed by atoms with E-state index in [1.165, 1.54) is 31.4 Å². The number of carbonyl (C=O) groups excluding carboxylic acids is 2. The van der Waals surface area contributed by atoms with Crippen LogP contribution < -0.4 is 24.8 Å². The lowest BCUT2D eigenvalue weighted by molar-refractivity contribution is -0.118. The zero-order valence-corrected chi connectivity index (χ0v) is 17.6. The van der Waals surface area contributed by atoms with E-state index in [1.54, 1.807) is 24.3 Å². The van der Waals surface area contributed by atoms with Crippen LogP contribution in [0.1, 0.15) is 19.8 Å². The van der Waals surface area contributed by atoms with E-state index >= 15 is 0 Å². The van der Waals surface area contributed by atoms with Gasteiger partial charge in [0.25, 0.3) is 15.9 Å². The Balaban J connectivity index is 1.90. The molecule has 2 aromatic rings. The Hall–Kier alpha value is -3.27. The van der Waals surface area contributed by atoms with Gasteiger partial charge < -0.3 is 20.1 Å². The lowest BCUT2D eigenvalue weighted by Gasteiger charge is -2.11. The molecule has 0 fully saturated rings. The van der Waals surface area contributed by atoms with Crippen molar-refractivity contribution >= 4 is 27.6 Å². The second-order valence-corrected chi connectivity index (χ2v) is 7.91. The predicted octanol–water partition coefficient (Wildman–Crippen LogP) is 2.50. The first-order chi connectivity index (χ1) is 14.4. The minimum Gasteiger partial charge on any atom is -0.493 e. The number of nitrogens with one attached hydrogen (secondary N) is 3. The molecule has 3 amide bonds. The first kappa shape index (κ1) is 23.0. The molecule has 30 heavy (non-hydrogen) atoms. The number of rotatable bonds is 10. The van der Waals surface area contributed by atoms with Gasteiger partial charge in [0.2, 0.25) is 0 Å². The van der Waals surface area contributed by atoms with Crippen LogP contribution in [0.3, 0.4) is 0 Å². The lowest BCUT2D eigenvalue weighted by Crippen LogP contribution is -2.39. The van der Waals surface area contributed by atoms with Crippen molar-refractivity contribution < 1.29 is 27.5 Å². The van der Waals surface area contributed by atoms with E-state index < -0.39 is 22.0 Å². The number of unbranched alkanes of at least 4 members (excludes halogenated alkanes) is 1. The topological polar surface area (TPSA) is 123 Å². The van der Waals surface area contributed by atoms with Crippen LogP contribution in [0.2, 0.25) is 0 Å². The number of anilines is 1. The molecule has 0 aliphatic carbocycles. The Bertz CT molecular complexity index is 961. The molecule has 0 bridgehead atoms. The normalized spacial score (nSPS) is 10.7. The maximum Gasteiger partial charge on any atom is 0.328 e. The van der Waals surface area contributed by atoms with Gasteiger partial charge in [0, 0.05) is 12.2 Å². The van der Waals surface area contributed by atoms with Gasteiger partial charge in [-0.15, -0.1) is 0 Å². The standard InChI is InChI=1S/C20H25N3O6S/c1-3-4-13-21-20(25)23-30(26,27)16-11-9-15(10-12-16)22-19(24)14-29-18-8-6-5-7-17(18)28-2/h5-12H,3-4,13-14H2,1-2H3,(H,22,24)(H2,21,23,25). The van der Waals surface area contributed by atoms with Crippen molar-refractivity contribution in [3.05, 3.63) is 48.5 Å². The predicted molar refractivity (Wildman–Crippen MR) is 112 cm³/mol. The zero-order chi connectivity index (χ0) is 22.0. The molecule has 0 radical (unpaired) electrons. The summed E-state index contributed by atoms with van der Waals surface area (Å²) >= 11 is 0. The average Bonchev–Trinajstić information content (AvgIpc) is 2.72. The molecule has 0 aromatic heterocycles. The van der Waals surface area contributed by atoms with Crippen molar-refractivity contribution in [2.24, 2.45) is 0 Å². The fourth-order valence-corrected chi connectivity index (χ4v) is 3.32. The molecule has 162 valence electrons. The highest BCUT2D eigenvalue weighted by atomic mass is 32.2. The molecule has 3 N–H and O–H groups in total. The van der Waals surface area contributed by atoms with Gasteiger partial charge in [0.15, 0.2) is 18.1 Å². The van der Waals surface area contributed by atoms with Crippen molar-refractivity contribution in [3.8, 4) is 11.5 Å². The summed E-state index contributed by atoms with van der Waals surface area (Å²) in [6.07, 6.45) is 1.63. The molecule has 9 nitrogen and oxygen atoms in total. The van der Waals surface area contributed by atoms with Crippen LogP contribution in [-0.2, 0) is 14.8 Å². The summed E-state index contributed by atoms with van der Waals surface area (Å²) < 4.78 is 37.0. The fraction of sp³-hybridized carbons (Fsp3) is 0.300. The van der Waals surface area contributed by atoms with Crippen LogP contribution in [-0.4, -0.2) is 40.6 Å². The van der Waals surface area contributed by atoms with Crippen molar-refractivity contribution in [1.29, 1.82) is 0 Å². The summed E-state index contributed by atoms with van der Waals surface area (Å²) in [5, 5.41) is 5.08. The Morgan fingerprint density at radius 1 is 1.00 bits per heavy atom. The monoisotopic (exact) mass is 435 g/mol. The molecule has 2 rings (SSSR count). The van der Waals surface area contributed by atoms with Gasteiger partial charge in [-0.05, 0) is 42.8 Å². The van der Waals surface area contributed by atoms with Crippen molar-refractivity contribution in [2.45, 2.75) is 24.7 Å². The van der Waals surface area contributed by atoms with Crippen LogP contribution in [0, 0.1) is 0 Å². The SMILES string of the molecule is CCCCNC(=O)NS(=O)(=O)c1ccc(NC(=O)COc2ccccc2OC)cc1. The van der Waals surface area contributed by atoms with E-state index in [-0.39, 0.29) is 11.5 Å². The zero-order valence-electron chi connectivity index (χ0n) is 16.8. The largest absolute Gasteiger partial charge is 0.493 e. The quantitative estimate of drug-likeness (QED) is 0.493. The molecule has 0 atom stereocenters. The van der Waals surface area contributed by atoms with Crippen LogP contribution in [0.5, 0.6) is 11.5 Å². The van der Waals surface area contributed by atoms with Crippen molar-refractivity contribution in [2.75, 3.05) is 25.6 Å². The lowest BCUT2D eigenvalue weighted by atomic mass is 10.3. The fourth-order valence-electron chi connectivity index (χ4n) is 2.39. The number of para-hydroxylation sites is 2. The van der Waals surface area contributed by atoms with Gasteiger partial charge in [-0.3, -0.25) is 4.79 Å². The summed E-state index contributed by atoms with van der Waals surface area (Å²) in [5.41, 5.74) is 0.384. The Morgan fingerprint density at radius 2 is 1.67 bits per heavy atom. The van der Waals surface area contributed by atoms with Gasteiger partial charge in [0.1, 0.15) is 0 Å². The molecule has 0 heterocycles. The number of sulfonamides is 1. The maximum atomic E-state index is 12.2. The third-order valence-electron chi connectivity index (χ3n) is 3.92. The molecule has 0 spiro atoms. The summed E-state index contributed by atoms with van der Waals surface area (Å²) in [6, 6.07) is 11.6. The molecule has 0 aliphatic rings. The third kappa shape index (κ3) is 6.96. The first-order valence-electron chi connectivity index (χ1n) is 9.32. The van der Waals surface area contributed by atoms with E-state index in [2.05, 4.69) is 10.6 Å². The number of hydrogen-bond acceptors (Lipinski definition) is 6. The molecular weight excluding hydrogens is 410 g/mol. The second kappa shape index (κ2) is 11.1. The summed E-state index contributed by atoms with van der Waals surface area (Å²) in [4.78, 5) is 23.6. The molecule has 0 unspecified atom stereocenters. The van der Waals surface area contributed by atoms with Crippen LogP contribution in [0.15, 0.2) is 53.4 Å². The van der Waals surface area contributed by atoms with E-state index in [0.717, 1.165) is 12.8 Å². The van der Waals surface area contributed by atoms with Gasteiger partial charge in [-0.1, -0.05) is 25.5 Å². The number of benzene rings is 2. The van der Waals surface area contributed by atoms with Crippen LogP contribution in [0.25, 0.3) is 0 Å². The van der Waals surface area contributed by atoms with E-state index in [1.807, 2.05) is 11.6 Å². The minimum atomic E-state index is -4.01. The molecule has 0 saturated heterocycles. The molecular formula is C20H25N3O6S. The summed E-state index contributed by atoms with van der Waals surface area (Å²) in [7, 11) is -2.51. The summed E-state index contributed by atoms with van der Waals surface area (Å²) in [6.45, 7) is 2.10. The van der Waals surface area contributed by atoms with Crippen LogP contribution >= 0.6 is 0 Å². The number of carbonyl (C=O) groups is 2. The number of amides is 3. The smallest absolute Gasteiger partial charge is 0.328 e. The van der Waals surface area contributed by atoms with Crippen LogP contribution in [0.4, 0.5) is 10.5 Å². The Morgan fingerprint density at radius 3 is 2.30 bits per heavy atom. The molecule has 0 aliphatic heterocycles. The number of ether oxygens (including phenoxy) is 2. The Labute approximate surface area is 175 Å².